The van der Waals surface area contributed by atoms with E-state index in [1.165, 1.54) is 6.33 Å². The molecule has 2 atom stereocenters. The van der Waals surface area contributed by atoms with E-state index in [1.807, 2.05) is 65.6 Å². The molecule has 0 spiro atoms. The summed E-state index contributed by atoms with van der Waals surface area (Å²) in [4.78, 5) is 86.2. The zero-order chi connectivity index (χ0) is 46.5. The van der Waals surface area contributed by atoms with Gasteiger partial charge in [0.25, 0.3) is 11.8 Å². The van der Waals surface area contributed by atoms with Gasteiger partial charge in [0.05, 0.1) is 22.6 Å². The normalized spacial score (nSPS) is 22.5. The zero-order valence-electron chi connectivity index (χ0n) is 38.0. The second kappa shape index (κ2) is 18.3. The van der Waals surface area contributed by atoms with Gasteiger partial charge in [0.15, 0.2) is 5.65 Å². The maximum absolute atomic E-state index is 13.9. The molecule has 352 valence electrons. The highest BCUT2D eigenvalue weighted by atomic mass is 16.5. The van der Waals surface area contributed by atoms with Crippen LogP contribution in [0.3, 0.4) is 0 Å². The molecule has 8 heterocycles. The van der Waals surface area contributed by atoms with Crippen LogP contribution in [0.2, 0.25) is 0 Å². The Hall–Kier alpha value is -6.92. The number of nitrogens with two attached hydrogens (primary N) is 1. The highest BCUT2D eigenvalue weighted by Gasteiger charge is 2.45. The molecule has 2 aromatic heterocycles. The first-order valence-electron chi connectivity index (χ1n) is 24.1. The van der Waals surface area contributed by atoms with Crippen molar-refractivity contribution in [2.75, 3.05) is 76.1 Å². The minimum absolute atomic E-state index is 0.0857. The van der Waals surface area contributed by atoms with Crippen molar-refractivity contribution in [3.63, 3.8) is 0 Å². The fourth-order valence-corrected chi connectivity index (χ4v) is 11.3. The summed E-state index contributed by atoms with van der Waals surface area (Å²) in [6, 6.07) is 23.0. The van der Waals surface area contributed by atoms with Crippen molar-refractivity contribution in [1.82, 2.24) is 49.6 Å². The molecular formula is C50H56N12O6. The van der Waals surface area contributed by atoms with Gasteiger partial charge in [-0.05, 0) is 106 Å². The third-order valence-electron chi connectivity index (χ3n) is 15.0. The first-order valence-corrected chi connectivity index (χ1v) is 24.1. The van der Waals surface area contributed by atoms with E-state index in [2.05, 4.69) is 34.6 Å². The van der Waals surface area contributed by atoms with E-state index >= 15 is 0 Å². The van der Waals surface area contributed by atoms with Gasteiger partial charge in [0, 0.05) is 88.7 Å². The quantitative estimate of drug-likeness (QED) is 0.202. The van der Waals surface area contributed by atoms with Gasteiger partial charge in [-0.2, -0.15) is 5.10 Å². The summed E-state index contributed by atoms with van der Waals surface area (Å²) >= 11 is 0. The van der Waals surface area contributed by atoms with Crippen LogP contribution < -0.4 is 20.7 Å². The van der Waals surface area contributed by atoms with E-state index in [-0.39, 0.29) is 30.5 Å². The van der Waals surface area contributed by atoms with Crippen molar-refractivity contribution in [2.24, 2.45) is 0 Å². The summed E-state index contributed by atoms with van der Waals surface area (Å²) in [5, 5.41) is 8.18. The van der Waals surface area contributed by atoms with Gasteiger partial charge in [-0.1, -0.05) is 18.2 Å². The number of fused-ring (bicyclic) bond motifs is 2. The summed E-state index contributed by atoms with van der Waals surface area (Å²) < 4.78 is 8.10. The topological polar surface area (TPSA) is 196 Å². The highest BCUT2D eigenvalue weighted by molar-refractivity contribution is 6.23. The molecule has 11 rings (SSSR count). The average Bonchev–Trinajstić information content (AvgIpc) is 3.89. The third-order valence-corrected chi connectivity index (χ3v) is 15.0. The van der Waals surface area contributed by atoms with Crippen LogP contribution in [0.25, 0.3) is 22.3 Å². The fraction of sp³-hybridized carbons (Fsp3) is 0.440. The number of ether oxygens (including phenoxy) is 1. The maximum Gasteiger partial charge on any atom is 0.320 e. The van der Waals surface area contributed by atoms with E-state index in [9.17, 15) is 24.0 Å². The van der Waals surface area contributed by atoms with E-state index in [1.54, 1.807) is 12.1 Å². The van der Waals surface area contributed by atoms with Crippen LogP contribution in [0.5, 0.6) is 11.5 Å². The van der Waals surface area contributed by atoms with Crippen LogP contribution in [-0.4, -0.2) is 157 Å². The van der Waals surface area contributed by atoms with Crippen molar-refractivity contribution in [3.05, 3.63) is 90.3 Å². The number of nitrogen functional groups attached to an aromatic ring is 1. The number of piperidine rings is 4. The minimum Gasteiger partial charge on any atom is -0.457 e. The van der Waals surface area contributed by atoms with Gasteiger partial charge in [-0.25, -0.2) is 19.4 Å². The first kappa shape index (κ1) is 43.6. The molecule has 18 heteroatoms. The van der Waals surface area contributed by atoms with Gasteiger partial charge in [0.1, 0.15) is 35.4 Å². The van der Waals surface area contributed by atoms with Crippen molar-refractivity contribution < 1.29 is 28.7 Å². The number of nitrogens with zero attached hydrogens (tertiary/aromatic N) is 10. The number of imide groups is 2. The minimum atomic E-state index is -0.984. The number of benzene rings is 3. The number of carbonyl (C=O) groups excluding carboxylic acids is 5. The van der Waals surface area contributed by atoms with E-state index in [0.717, 1.165) is 148 Å². The lowest BCUT2D eigenvalue weighted by Gasteiger charge is -2.45. The molecule has 6 aliphatic rings. The number of aromatic nitrogens is 4. The van der Waals surface area contributed by atoms with E-state index in [4.69, 9.17) is 20.6 Å². The molecule has 5 fully saturated rings. The number of para-hydroxylation sites is 1. The Labute approximate surface area is 394 Å². The van der Waals surface area contributed by atoms with Gasteiger partial charge in [-0.15, -0.1) is 0 Å². The Bertz CT molecular complexity index is 2740. The van der Waals surface area contributed by atoms with Gasteiger partial charge >= 0.3 is 6.03 Å². The monoisotopic (exact) mass is 920 g/mol. The molecule has 5 aromatic rings. The molecule has 0 saturated carbocycles. The molecule has 6 amide bonds. The van der Waals surface area contributed by atoms with Crippen LogP contribution in [0.15, 0.2) is 79.1 Å². The van der Waals surface area contributed by atoms with Crippen molar-refractivity contribution in [3.8, 4) is 22.8 Å². The molecule has 6 aliphatic heterocycles. The Morgan fingerprint density at radius 2 is 1.35 bits per heavy atom. The standard InChI is InChI=1S/C50H56N12O6/c51-45-43-44(32-8-11-38(12-9-32)68-37-6-2-1-3-7-37)55-62(46(43)53-31-52-45)36-5-4-20-60(30-36)34-18-23-59(24-19-34)50(67)58-21-16-33(17-22-58)56-25-27-57(28-26-56)35-10-13-39-40(29-35)49(66)61(48(39)65)41-14-15-42(63)54-47(41)64/h1-3,6-13,29,31,33-34,36,41H,4-5,14-28,30H2,(H2,51,52,53)(H,54,63,64)/t36-,41?/m1/s1. The summed E-state index contributed by atoms with van der Waals surface area (Å²) in [6.07, 6.45) is 7.48. The van der Waals surface area contributed by atoms with Gasteiger partial charge in [-0.3, -0.25) is 39.2 Å². The fourth-order valence-electron chi connectivity index (χ4n) is 11.3. The van der Waals surface area contributed by atoms with Crippen molar-refractivity contribution in [2.45, 2.75) is 75.5 Å². The van der Waals surface area contributed by atoms with Crippen molar-refractivity contribution >= 4 is 52.2 Å². The van der Waals surface area contributed by atoms with Crippen molar-refractivity contribution in [1.29, 1.82) is 0 Å². The lowest BCUT2D eigenvalue weighted by molar-refractivity contribution is -0.136. The number of nitrogens with one attached hydrogen (secondary N) is 1. The third kappa shape index (κ3) is 8.29. The number of carbonyl (C=O) groups is 5. The average molecular weight is 921 g/mol. The smallest absolute Gasteiger partial charge is 0.320 e. The number of rotatable bonds is 8. The number of piperazine rings is 1. The van der Waals surface area contributed by atoms with E-state index < -0.39 is 29.7 Å². The SMILES string of the molecule is Nc1ncnc2c1c(-c1ccc(Oc3ccccc3)cc1)nn2[C@@H]1CCCN(C2CCN(C(=O)N3CCC(N4CCN(c5ccc6c(c5)C(=O)N(C5CCC(=O)NC5=O)C6=O)CC4)CC3)CC2)C1. The van der Waals surface area contributed by atoms with E-state index in [0.29, 0.717) is 23.5 Å². The van der Waals surface area contributed by atoms with Crippen LogP contribution >= 0.6 is 0 Å². The van der Waals surface area contributed by atoms with Gasteiger partial charge in [0.2, 0.25) is 11.8 Å². The molecular weight excluding hydrogens is 865 g/mol. The molecule has 3 N–H and O–H groups in total. The summed E-state index contributed by atoms with van der Waals surface area (Å²) in [5.41, 5.74) is 10.4. The van der Waals surface area contributed by atoms with Crippen LogP contribution in [-0.2, 0) is 9.59 Å². The largest absolute Gasteiger partial charge is 0.457 e. The molecule has 0 aliphatic carbocycles. The highest BCUT2D eigenvalue weighted by Crippen LogP contribution is 2.37. The molecule has 1 unspecified atom stereocenters. The van der Waals surface area contributed by atoms with Crippen LogP contribution in [0.4, 0.5) is 16.3 Å². The number of hydrogen-bond acceptors (Lipinski definition) is 13. The summed E-state index contributed by atoms with van der Waals surface area (Å²) in [7, 11) is 0. The number of likely N-dealkylation sites (tertiary alicyclic amines) is 3. The summed E-state index contributed by atoms with van der Waals surface area (Å²) in [5.74, 6) is -0.0807. The lowest BCUT2D eigenvalue weighted by Crippen LogP contribution is -2.56. The molecule has 3 aromatic carbocycles. The Balaban J connectivity index is 0.654. The second-order valence-electron chi connectivity index (χ2n) is 18.9. The zero-order valence-corrected chi connectivity index (χ0v) is 38.0. The second-order valence-corrected chi connectivity index (χ2v) is 18.9. The predicted molar refractivity (Wildman–Crippen MR) is 253 cm³/mol. The summed E-state index contributed by atoms with van der Waals surface area (Å²) in [6.45, 7) is 8.08. The molecule has 5 saturated heterocycles. The molecule has 68 heavy (non-hydrogen) atoms. The molecule has 18 nitrogen and oxygen atoms in total. The van der Waals surface area contributed by atoms with Crippen LogP contribution in [0, 0.1) is 0 Å². The molecule has 0 radical (unpaired) electrons. The Kier molecular flexibility index (Phi) is 11.7. The Morgan fingerprint density at radius 1 is 0.676 bits per heavy atom. The predicted octanol–water partition coefficient (Wildman–Crippen LogP) is 4.78. The lowest BCUT2D eigenvalue weighted by atomic mass is 9.98. The van der Waals surface area contributed by atoms with Gasteiger partial charge < -0.3 is 25.2 Å². The van der Waals surface area contributed by atoms with Crippen LogP contribution in [0.1, 0.15) is 78.1 Å². The Morgan fingerprint density at radius 3 is 2.06 bits per heavy atom. The number of hydrogen-bond donors (Lipinski definition) is 2. The first-order chi connectivity index (χ1) is 33.2. The maximum atomic E-state index is 13.9. The molecule has 0 bridgehead atoms. The number of amides is 6. The number of urea groups is 1. The number of anilines is 2.